The number of carbonyl (C=O) groups excluding carboxylic acids is 1. The summed E-state index contributed by atoms with van der Waals surface area (Å²) in [5.74, 6) is -0.626. The van der Waals surface area contributed by atoms with Crippen LogP contribution in [-0.2, 0) is 9.53 Å². The van der Waals surface area contributed by atoms with Gasteiger partial charge in [0.1, 0.15) is 5.70 Å². The van der Waals surface area contributed by atoms with Crippen LogP contribution in [0.15, 0.2) is 53.3 Å². The summed E-state index contributed by atoms with van der Waals surface area (Å²) in [7, 11) is 0. The molecule has 0 aliphatic carbocycles. The van der Waals surface area contributed by atoms with E-state index >= 15 is 0 Å². The Morgan fingerprint density at radius 2 is 2.05 bits per heavy atom. The zero-order chi connectivity index (χ0) is 14.4. The fourth-order valence-electron chi connectivity index (χ4n) is 1.84. The van der Waals surface area contributed by atoms with Crippen molar-refractivity contribution in [2.24, 2.45) is 5.11 Å². The third-order valence-corrected chi connectivity index (χ3v) is 2.71. The molecular weight excluding hydrogens is 254 g/mol. The van der Waals surface area contributed by atoms with Crippen molar-refractivity contribution < 1.29 is 9.53 Å². The Morgan fingerprint density at radius 3 is 2.75 bits per heavy atom. The van der Waals surface area contributed by atoms with E-state index in [1.807, 2.05) is 42.5 Å². The van der Waals surface area contributed by atoms with E-state index in [-0.39, 0.29) is 12.3 Å². The predicted octanol–water partition coefficient (Wildman–Crippen LogP) is 4.05. The lowest BCUT2D eigenvalue weighted by Gasteiger charge is -2.03. The van der Waals surface area contributed by atoms with Gasteiger partial charge >= 0.3 is 5.97 Å². The predicted molar refractivity (Wildman–Crippen MR) is 77.7 cm³/mol. The van der Waals surface area contributed by atoms with Crippen molar-refractivity contribution >= 4 is 22.8 Å². The van der Waals surface area contributed by atoms with Crippen molar-refractivity contribution in [2.45, 2.75) is 6.92 Å². The van der Waals surface area contributed by atoms with Crippen LogP contribution in [0, 0.1) is 0 Å². The van der Waals surface area contributed by atoms with Gasteiger partial charge in [-0.05, 0) is 40.9 Å². The first-order valence-corrected chi connectivity index (χ1v) is 6.17. The Labute approximate surface area is 116 Å². The molecular formula is C15H13N3O2. The summed E-state index contributed by atoms with van der Waals surface area (Å²) in [6.07, 6.45) is 1.52. The largest absolute Gasteiger partial charge is 0.462 e. The molecule has 0 radical (unpaired) electrons. The molecule has 0 saturated carbocycles. The van der Waals surface area contributed by atoms with Gasteiger partial charge in [-0.1, -0.05) is 41.5 Å². The number of ether oxygens (including phenoxy) is 1. The van der Waals surface area contributed by atoms with Crippen LogP contribution in [0.1, 0.15) is 12.5 Å². The minimum Gasteiger partial charge on any atom is -0.462 e. The third kappa shape index (κ3) is 3.16. The number of rotatable bonds is 4. The molecule has 0 heterocycles. The highest BCUT2D eigenvalue weighted by Crippen LogP contribution is 2.18. The van der Waals surface area contributed by atoms with Crippen LogP contribution in [0.3, 0.4) is 0 Å². The molecule has 0 N–H and O–H groups in total. The third-order valence-electron chi connectivity index (χ3n) is 2.71. The molecule has 0 bridgehead atoms. The van der Waals surface area contributed by atoms with E-state index < -0.39 is 5.97 Å². The number of carbonyl (C=O) groups is 1. The summed E-state index contributed by atoms with van der Waals surface area (Å²) in [6.45, 7) is 1.93. The summed E-state index contributed by atoms with van der Waals surface area (Å²) in [5.41, 5.74) is 9.24. The summed E-state index contributed by atoms with van der Waals surface area (Å²) in [4.78, 5) is 14.3. The van der Waals surface area contributed by atoms with Crippen molar-refractivity contribution in [3.63, 3.8) is 0 Å². The number of nitrogens with zero attached hydrogens (tertiary/aromatic N) is 3. The molecule has 5 heteroatoms. The van der Waals surface area contributed by atoms with E-state index in [0.29, 0.717) is 0 Å². The van der Waals surface area contributed by atoms with Gasteiger partial charge in [0.15, 0.2) is 0 Å². The molecule has 20 heavy (non-hydrogen) atoms. The van der Waals surface area contributed by atoms with E-state index in [4.69, 9.17) is 10.3 Å². The van der Waals surface area contributed by atoms with Gasteiger partial charge < -0.3 is 4.74 Å². The SMILES string of the molecule is CCOC(=O)/C(=C/c1ccc2ccccc2c1)N=[N+]=[N-]. The Hall–Kier alpha value is -2.78. The highest BCUT2D eigenvalue weighted by atomic mass is 16.5. The van der Waals surface area contributed by atoms with Gasteiger partial charge in [0.2, 0.25) is 0 Å². The summed E-state index contributed by atoms with van der Waals surface area (Å²) < 4.78 is 4.84. The number of azide groups is 1. The van der Waals surface area contributed by atoms with Crippen LogP contribution >= 0.6 is 0 Å². The second-order valence-electron chi connectivity index (χ2n) is 4.05. The number of hydrogen-bond donors (Lipinski definition) is 0. The Bertz CT molecular complexity index is 716. The minimum atomic E-state index is -0.626. The van der Waals surface area contributed by atoms with Crippen LogP contribution < -0.4 is 0 Å². The van der Waals surface area contributed by atoms with E-state index in [0.717, 1.165) is 16.3 Å². The quantitative estimate of drug-likeness (QED) is 0.275. The molecule has 2 aromatic carbocycles. The van der Waals surface area contributed by atoms with Gasteiger partial charge in [-0.25, -0.2) is 4.79 Å². The lowest BCUT2D eigenvalue weighted by Crippen LogP contribution is -2.05. The molecule has 0 aliphatic rings. The van der Waals surface area contributed by atoms with E-state index in [2.05, 4.69) is 10.0 Å². The minimum absolute atomic E-state index is 0.0513. The first-order chi connectivity index (χ1) is 9.74. The van der Waals surface area contributed by atoms with Crippen LogP contribution in [0.25, 0.3) is 27.3 Å². The van der Waals surface area contributed by atoms with Crippen molar-refractivity contribution in [3.8, 4) is 0 Å². The van der Waals surface area contributed by atoms with E-state index in [9.17, 15) is 4.79 Å². The molecule has 100 valence electrons. The molecule has 0 spiro atoms. The second-order valence-corrected chi connectivity index (χ2v) is 4.05. The monoisotopic (exact) mass is 267 g/mol. The van der Waals surface area contributed by atoms with Gasteiger partial charge in [0, 0.05) is 4.91 Å². The van der Waals surface area contributed by atoms with Gasteiger partial charge in [0.05, 0.1) is 6.61 Å². The van der Waals surface area contributed by atoms with Crippen molar-refractivity contribution in [3.05, 3.63) is 64.2 Å². The normalized spacial score (nSPS) is 10.9. The Balaban J connectivity index is 2.42. The zero-order valence-electron chi connectivity index (χ0n) is 11.0. The molecule has 0 fully saturated rings. The fourth-order valence-corrected chi connectivity index (χ4v) is 1.84. The Morgan fingerprint density at radius 1 is 1.30 bits per heavy atom. The Kier molecular flexibility index (Phi) is 4.37. The van der Waals surface area contributed by atoms with Crippen LogP contribution in [0.2, 0.25) is 0 Å². The van der Waals surface area contributed by atoms with Crippen LogP contribution in [0.5, 0.6) is 0 Å². The number of fused-ring (bicyclic) bond motifs is 1. The first-order valence-electron chi connectivity index (χ1n) is 6.17. The molecule has 0 atom stereocenters. The maximum absolute atomic E-state index is 11.6. The maximum atomic E-state index is 11.6. The number of benzene rings is 2. The molecule has 2 rings (SSSR count). The fraction of sp³-hybridized carbons (Fsp3) is 0.133. The lowest BCUT2D eigenvalue weighted by molar-refractivity contribution is -0.138. The zero-order valence-corrected chi connectivity index (χ0v) is 11.0. The average Bonchev–Trinajstić information content (AvgIpc) is 2.47. The van der Waals surface area contributed by atoms with Crippen molar-refractivity contribution in [1.29, 1.82) is 0 Å². The van der Waals surface area contributed by atoms with Gasteiger partial charge in [-0.2, -0.15) is 0 Å². The van der Waals surface area contributed by atoms with Gasteiger partial charge in [-0.15, -0.1) is 0 Å². The highest BCUT2D eigenvalue weighted by Gasteiger charge is 2.08. The average molecular weight is 267 g/mol. The smallest absolute Gasteiger partial charge is 0.340 e. The molecule has 0 aromatic heterocycles. The standard InChI is InChI=1S/C15H13N3O2/c1-2-20-15(19)14(17-18-16)10-11-7-8-12-5-3-4-6-13(12)9-11/h3-10H,2H2,1H3/b14-10-. The van der Waals surface area contributed by atoms with Crippen LogP contribution in [0.4, 0.5) is 0 Å². The molecule has 0 unspecified atom stereocenters. The summed E-state index contributed by atoms with van der Waals surface area (Å²) >= 11 is 0. The molecule has 0 saturated heterocycles. The van der Waals surface area contributed by atoms with Crippen LogP contribution in [-0.4, -0.2) is 12.6 Å². The molecule has 5 nitrogen and oxygen atoms in total. The maximum Gasteiger partial charge on any atom is 0.340 e. The van der Waals surface area contributed by atoms with Crippen molar-refractivity contribution in [1.82, 2.24) is 0 Å². The second kappa shape index (κ2) is 6.41. The number of hydrogen-bond acceptors (Lipinski definition) is 3. The van der Waals surface area contributed by atoms with Gasteiger partial charge in [-0.3, -0.25) is 0 Å². The highest BCUT2D eigenvalue weighted by molar-refractivity contribution is 5.94. The molecule has 0 amide bonds. The van der Waals surface area contributed by atoms with Crippen molar-refractivity contribution in [2.75, 3.05) is 6.61 Å². The summed E-state index contributed by atoms with van der Waals surface area (Å²) in [5, 5.41) is 5.53. The molecule has 2 aromatic rings. The van der Waals surface area contributed by atoms with E-state index in [1.165, 1.54) is 6.08 Å². The summed E-state index contributed by atoms with van der Waals surface area (Å²) in [6, 6.07) is 13.6. The first kappa shape index (κ1) is 13.6. The lowest BCUT2D eigenvalue weighted by atomic mass is 10.1. The van der Waals surface area contributed by atoms with E-state index in [1.54, 1.807) is 6.92 Å². The molecule has 0 aliphatic heterocycles. The topological polar surface area (TPSA) is 75.1 Å². The number of esters is 1. The van der Waals surface area contributed by atoms with Gasteiger partial charge in [0.25, 0.3) is 0 Å².